The van der Waals surface area contributed by atoms with Crippen LogP contribution in [-0.2, 0) is 19.4 Å². The van der Waals surface area contributed by atoms with E-state index in [1.165, 1.54) is 24.5 Å². The van der Waals surface area contributed by atoms with Crippen LogP contribution in [0.25, 0.3) is 0 Å². The zero-order chi connectivity index (χ0) is 20.7. The summed E-state index contributed by atoms with van der Waals surface area (Å²) in [7, 11) is -3.83. The van der Waals surface area contributed by atoms with Crippen molar-refractivity contribution >= 4 is 21.7 Å². The lowest BCUT2D eigenvalue weighted by molar-refractivity contribution is -0.139. The summed E-state index contributed by atoms with van der Waals surface area (Å²) in [6.45, 7) is 5.98. The molecule has 28 heavy (non-hydrogen) atoms. The third kappa shape index (κ3) is 5.69. The molecule has 8 heteroatoms. The molecule has 2 rings (SSSR count). The smallest absolute Gasteiger partial charge is 0.309 e. The van der Waals surface area contributed by atoms with Crippen LogP contribution >= 0.6 is 0 Å². The number of carbonyl (C=O) groups excluding carboxylic acids is 2. The summed E-state index contributed by atoms with van der Waals surface area (Å²) < 4.78 is 31.4. The lowest BCUT2D eigenvalue weighted by atomic mass is 10.1. The highest BCUT2D eigenvalue weighted by atomic mass is 32.2. The van der Waals surface area contributed by atoms with Crippen LogP contribution in [-0.4, -0.2) is 33.3 Å². The fourth-order valence-electron chi connectivity index (χ4n) is 2.55. The molecule has 0 fully saturated rings. The summed E-state index contributed by atoms with van der Waals surface area (Å²) in [5.41, 5.74) is 0.930. The number of carbonyl (C=O) groups is 2. The Balaban J connectivity index is 2.11. The highest BCUT2D eigenvalue weighted by Gasteiger charge is 2.32. The Labute approximate surface area is 165 Å². The summed E-state index contributed by atoms with van der Waals surface area (Å²) in [6, 6.07) is 9.54. The average Bonchev–Trinajstić information content (AvgIpc) is 3.15. The maximum Gasteiger partial charge on any atom is 0.309 e. The predicted octanol–water partition coefficient (Wildman–Crippen LogP) is 2.38. The van der Waals surface area contributed by atoms with Crippen molar-refractivity contribution in [2.75, 3.05) is 13.1 Å². The molecule has 0 unspecified atom stereocenters. The van der Waals surface area contributed by atoms with Gasteiger partial charge in [-0.3, -0.25) is 9.59 Å². The molecule has 0 radical (unpaired) electrons. The van der Waals surface area contributed by atoms with Gasteiger partial charge in [0.25, 0.3) is 0 Å². The molecule has 1 heterocycles. The molecular weight excluding hydrogens is 380 g/mol. The Bertz CT molecular complexity index is 887. The minimum Gasteiger partial charge on any atom is -0.468 e. The second kappa shape index (κ2) is 9.54. The Morgan fingerprint density at radius 1 is 1.04 bits per heavy atom. The van der Waals surface area contributed by atoms with Crippen molar-refractivity contribution < 1.29 is 22.4 Å². The molecule has 0 bridgehead atoms. The molecule has 0 spiro atoms. The van der Waals surface area contributed by atoms with Gasteiger partial charge in [-0.25, -0.2) is 8.42 Å². The maximum absolute atomic E-state index is 13.1. The average molecular weight is 407 g/mol. The Morgan fingerprint density at radius 3 is 2.25 bits per heavy atom. The molecule has 0 saturated heterocycles. The molecule has 1 aromatic carbocycles. The number of amides is 2. The molecule has 152 valence electrons. The number of hydrogen-bond acceptors (Lipinski definition) is 5. The monoisotopic (exact) mass is 406 g/mol. The number of hydrogen-bond donors (Lipinski definition) is 2. The van der Waals surface area contributed by atoms with Gasteiger partial charge in [0, 0.05) is 13.1 Å². The quantitative estimate of drug-likeness (QED) is 0.655. The number of furan rings is 1. The van der Waals surface area contributed by atoms with Crippen LogP contribution in [0, 0.1) is 12.8 Å². The Hall–Kier alpha value is -2.61. The molecule has 1 aromatic heterocycles. The zero-order valence-corrected chi connectivity index (χ0v) is 17.1. The first kappa shape index (κ1) is 21.7. The maximum atomic E-state index is 13.1. The van der Waals surface area contributed by atoms with Crippen molar-refractivity contribution in [1.29, 1.82) is 0 Å². The van der Waals surface area contributed by atoms with E-state index in [0.29, 0.717) is 12.5 Å². The number of benzene rings is 1. The van der Waals surface area contributed by atoms with Crippen LogP contribution < -0.4 is 10.6 Å². The van der Waals surface area contributed by atoms with E-state index < -0.39 is 26.9 Å². The molecular formula is C20H26N2O5S. The fraction of sp³-hybridized carbons (Fsp3) is 0.400. The summed E-state index contributed by atoms with van der Waals surface area (Å²) >= 11 is 0. The van der Waals surface area contributed by atoms with E-state index in [1.54, 1.807) is 18.2 Å². The van der Waals surface area contributed by atoms with Crippen LogP contribution in [0.2, 0.25) is 0 Å². The second-order valence-corrected chi connectivity index (χ2v) is 9.14. The second-order valence-electron chi connectivity index (χ2n) is 7.01. The normalized spacial score (nSPS) is 12.6. The molecule has 7 nitrogen and oxygen atoms in total. The van der Waals surface area contributed by atoms with Crippen molar-refractivity contribution in [3.63, 3.8) is 0 Å². The highest BCUT2D eigenvalue weighted by molar-refractivity contribution is 7.91. The molecule has 0 saturated carbocycles. The summed E-state index contributed by atoms with van der Waals surface area (Å²) in [5, 5.41) is 3.79. The van der Waals surface area contributed by atoms with Gasteiger partial charge in [-0.05, 0) is 43.5 Å². The third-order valence-electron chi connectivity index (χ3n) is 4.25. The van der Waals surface area contributed by atoms with Gasteiger partial charge in [0.05, 0.1) is 11.2 Å². The number of rotatable bonds is 8. The van der Waals surface area contributed by atoms with Gasteiger partial charge in [-0.2, -0.15) is 0 Å². The zero-order valence-electron chi connectivity index (χ0n) is 16.3. The first-order valence-corrected chi connectivity index (χ1v) is 10.7. The first-order valence-electron chi connectivity index (χ1n) is 9.11. The van der Waals surface area contributed by atoms with Gasteiger partial charge in [0.1, 0.15) is 11.0 Å². The van der Waals surface area contributed by atoms with Crippen LogP contribution in [0.5, 0.6) is 0 Å². The van der Waals surface area contributed by atoms with Gasteiger partial charge in [0.15, 0.2) is 9.84 Å². The van der Waals surface area contributed by atoms with E-state index in [9.17, 15) is 18.0 Å². The van der Waals surface area contributed by atoms with Crippen molar-refractivity contribution in [2.24, 2.45) is 5.92 Å². The minimum absolute atomic E-state index is 0.120. The predicted molar refractivity (Wildman–Crippen MR) is 105 cm³/mol. The Kier molecular flexibility index (Phi) is 7.39. The summed E-state index contributed by atoms with van der Waals surface area (Å²) in [4.78, 5) is 24.1. The number of aryl methyl sites for hydroxylation is 1. The standard InChI is InChI=1S/C20H26N2O5S/c1-14(2)10-11-21-19(23)20(24)22-13-18(17-5-4-12-27-17)28(25,26)16-8-6-15(3)7-9-16/h4-9,12,14,18H,10-11,13H2,1-3H3,(H,21,23)(H,22,24)/t18-/m1/s1. The van der Waals surface area contributed by atoms with Gasteiger partial charge in [-0.1, -0.05) is 31.5 Å². The number of sulfone groups is 1. The third-order valence-corrected chi connectivity index (χ3v) is 6.32. The lowest BCUT2D eigenvalue weighted by Gasteiger charge is -2.17. The van der Waals surface area contributed by atoms with Crippen molar-refractivity contribution in [3.8, 4) is 0 Å². The van der Waals surface area contributed by atoms with E-state index in [-0.39, 0.29) is 17.2 Å². The van der Waals surface area contributed by atoms with Gasteiger partial charge in [-0.15, -0.1) is 0 Å². The fourth-order valence-corrected chi connectivity index (χ4v) is 4.14. The highest BCUT2D eigenvalue weighted by Crippen LogP contribution is 2.29. The molecule has 0 aliphatic heterocycles. The van der Waals surface area contributed by atoms with Crippen molar-refractivity contribution in [1.82, 2.24) is 10.6 Å². The van der Waals surface area contributed by atoms with E-state index >= 15 is 0 Å². The summed E-state index contributed by atoms with van der Waals surface area (Å²) in [5.74, 6) is -1.07. The first-order chi connectivity index (χ1) is 13.2. The van der Waals surface area contributed by atoms with Gasteiger partial charge in [0.2, 0.25) is 0 Å². The van der Waals surface area contributed by atoms with Crippen LogP contribution in [0.15, 0.2) is 52.0 Å². The van der Waals surface area contributed by atoms with E-state index in [1.807, 2.05) is 20.8 Å². The molecule has 2 aromatic rings. The molecule has 1 atom stereocenters. The topological polar surface area (TPSA) is 105 Å². The van der Waals surface area contributed by atoms with Crippen LogP contribution in [0.3, 0.4) is 0 Å². The minimum atomic E-state index is -3.83. The van der Waals surface area contributed by atoms with Crippen LogP contribution in [0.4, 0.5) is 0 Å². The van der Waals surface area contributed by atoms with Crippen molar-refractivity contribution in [2.45, 2.75) is 37.3 Å². The largest absolute Gasteiger partial charge is 0.468 e. The van der Waals surface area contributed by atoms with E-state index in [0.717, 1.165) is 12.0 Å². The van der Waals surface area contributed by atoms with Crippen LogP contribution in [0.1, 0.15) is 36.8 Å². The SMILES string of the molecule is Cc1ccc(S(=O)(=O)[C@H](CNC(=O)C(=O)NCCC(C)C)c2ccco2)cc1. The Morgan fingerprint density at radius 2 is 1.68 bits per heavy atom. The van der Waals surface area contributed by atoms with E-state index in [4.69, 9.17) is 4.42 Å². The molecule has 2 N–H and O–H groups in total. The number of nitrogens with one attached hydrogen (secondary N) is 2. The van der Waals surface area contributed by atoms with Gasteiger partial charge < -0.3 is 15.1 Å². The lowest BCUT2D eigenvalue weighted by Crippen LogP contribution is -2.42. The van der Waals surface area contributed by atoms with Crippen molar-refractivity contribution in [3.05, 3.63) is 54.0 Å². The molecule has 2 amide bonds. The summed E-state index contributed by atoms with van der Waals surface area (Å²) in [6.07, 6.45) is 2.11. The molecule has 0 aliphatic carbocycles. The van der Waals surface area contributed by atoms with E-state index in [2.05, 4.69) is 10.6 Å². The molecule has 0 aliphatic rings. The van der Waals surface area contributed by atoms with Gasteiger partial charge >= 0.3 is 11.8 Å².